The van der Waals surface area contributed by atoms with Crippen molar-refractivity contribution < 1.29 is 18.0 Å². The molecule has 2 unspecified atom stereocenters. The van der Waals surface area contributed by atoms with Crippen molar-refractivity contribution in [3.8, 4) is 5.82 Å². The molecule has 2 aromatic rings. The third kappa shape index (κ3) is 3.48. The second kappa shape index (κ2) is 6.43. The van der Waals surface area contributed by atoms with E-state index in [1.54, 1.807) is 4.90 Å². The number of pyridine rings is 1. The Morgan fingerprint density at radius 3 is 2.72 bits per heavy atom. The lowest BCUT2D eigenvalue weighted by Crippen LogP contribution is -2.57. The van der Waals surface area contributed by atoms with Gasteiger partial charge in [-0.15, -0.1) is 5.10 Å². The fourth-order valence-corrected chi connectivity index (χ4v) is 2.65. The Balaban J connectivity index is 1.79. The first-order chi connectivity index (χ1) is 11.8. The van der Waals surface area contributed by atoms with E-state index in [1.807, 2.05) is 13.8 Å². The number of halogens is 3. The van der Waals surface area contributed by atoms with Gasteiger partial charge in [-0.05, 0) is 26.0 Å². The Kier molecular flexibility index (Phi) is 4.46. The zero-order valence-electron chi connectivity index (χ0n) is 13.7. The molecule has 10 heteroatoms. The fourth-order valence-electron chi connectivity index (χ4n) is 2.65. The smallest absolute Gasteiger partial charge is 0.332 e. The van der Waals surface area contributed by atoms with Crippen molar-refractivity contribution in [3.63, 3.8) is 0 Å². The highest BCUT2D eigenvalue weighted by Gasteiger charge is 2.31. The average Bonchev–Trinajstić information content (AvgIpc) is 3.06. The first kappa shape index (κ1) is 17.3. The molecule has 1 N–H and O–H groups in total. The highest BCUT2D eigenvalue weighted by atomic mass is 19.4. The van der Waals surface area contributed by atoms with Crippen molar-refractivity contribution in [1.82, 2.24) is 30.2 Å². The van der Waals surface area contributed by atoms with Crippen LogP contribution in [0.15, 0.2) is 24.5 Å². The molecule has 0 aliphatic carbocycles. The van der Waals surface area contributed by atoms with E-state index in [1.165, 1.54) is 16.9 Å². The van der Waals surface area contributed by atoms with Crippen LogP contribution in [0.3, 0.4) is 0 Å². The first-order valence-electron chi connectivity index (χ1n) is 7.77. The van der Waals surface area contributed by atoms with Gasteiger partial charge in [0.25, 0.3) is 5.91 Å². The van der Waals surface area contributed by atoms with Gasteiger partial charge in [0.1, 0.15) is 0 Å². The number of carbonyl (C=O) groups excluding carboxylic acids is 1. The molecule has 2 atom stereocenters. The van der Waals surface area contributed by atoms with E-state index >= 15 is 0 Å². The fraction of sp³-hybridized carbons (Fsp3) is 0.467. The molecule has 25 heavy (non-hydrogen) atoms. The van der Waals surface area contributed by atoms with Crippen LogP contribution in [0.5, 0.6) is 0 Å². The zero-order valence-corrected chi connectivity index (χ0v) is 13.7. The van der Waals surface area contributed by atoms with Gasteiger partial charge in [-0.3, -0.25) is 4.79 Å². The average molecular weight is 354 g/mol. The van der Waals surface area contributed by atoms with Gasteiger partial charge in [0.2, 0.25) is 0 Å². The molecule has 1 aliphatic rings. The molecule has 2 aromatic heterocycles. The predicted molar refractivity (Wildman–Crippen MR) is 82.1 cm³/mol. The number of amides is 1. The Labute approximate surface area is 141 Å². The van der Waals surface area contributed by atoms with Crippen molar-refractivity contribution >= 4 is 5.91 Å². The number of nitrogens with zero attached hydrogens (tertiary/aromatic N) is 5. The van der Waals surface area contributed by atoms with E-state index in [0.29, 0.717) is 13.1 Å². The van der Waals surface area contributed by atoms with E-state index in [2.05, 4.69) is 20.6 Å². The minimum Gasteiger partial charge on any atom is -0.332 e. The van der Waals surface area contributed by atoms with Crippen LogP contribution in [0.25, 0.3) is 5.82 Å². The van der Waals surface area contributed by atoms with E-state index in [0.717, 1.165) is 12.3 Å². The van der Waals surface area contributed by atoms with Gasteiger partial charge >= 0.3 is 6.18 Å². The van der Waals surface area contributed by atoms with Crippen LogP contribution in [0.1, 0.15) is 29.9 Å². The number of piperazine rings is 1. The summed E-state index contributed by atoms with van der Waals surface area (Å²) in [5, 5.41) is 10.9. The summed E-state index contributed by atoms with van der Waals surface area (Å²) < 4.78 is 38.9. The topological polar surface area (TPSA) is 75.9 Å². The van der Waals surface area contributed by atoms with Crippen LogP contribution >= 0.6 is 0 Å². The van der Waals surface area contributed by atoms with E-state index in [-0.39, 0.29) is 29.5 Å². The summed E-state index contributed by atoms with van der Waals surface area (Å²) in [7, 11) is 0. The van der Waals surface area contributed by atoms with Crippen LogP contribution < -0.4 is 5.32 Å². The minimum absolute atomic E-state index is 0.00408. The largest absolute Gasteiger partial charge is 0.417 e. The molecule has 0 radical (unpaired) electrons. The highest BCUT2D eigenvalue weighted by Crippen LogP contribution is 2.28. The van der Waals surface area contributed by atoms with Crippen molar-refractivity contribution in [2.24, 2.45) is 0 Å². The van der Waals surface area contributed by atoms with Gasteiger partial charge in [0.05, 0.1) is 11.8 Å². The van der Waals surface area contributed by atoms with E-state index in [9.17, 15) is 18.0 Å². The SMILES string of the molecule is CC1NCCN(C(=O)c2cn(-c3ccc(C(F)(F)F)cn3)nn2)C1C. The molecule has 0 spiro atoms. The van der Waals surface area contributed by atoms with Gasteiger partial charge in [0, 0.05) is 31.4 Å². The monoisotopic (exact) mass is 354 g/mol. The third-order valence-electron chi connectivity index (χ3n) is 4.32. The number of hydrogen-bond donors (Lipinski definition) is 1. The second-order valence-electron chi connectivity index (χ2n) is 5.93. The molecule has 0 saturated carbocycles. The lowest BCUT2D eigenvalue weighted by atomic mass is 10.1. The lowest BCUT2D eigenvalue weighted by Gasteiger charge is -2.38. The third-order valence-corrected chi connectivity index (χ3v) is 4.32. The number of carbonyl (C=O) groups is 1. The number of nitrogens with one attached hydrogen (secondary N) is 1. The van der Waals surface area contributed by atoms with E-state index in [4.69, 9.17) is 0 Å². The van der Waals surface area contributed by atoms with Gasteiger partial charge in [-0.1, -0.05) is 5.21 Å². The number of alkyl halides is 3. The summed E-state index contributed by atoms with van der Waals surface area (Å²) in [5.74, 6) is -0.111. The molecule has 134 valence electrons. The molecule has 1 amide bonds. The van der Waals surface area contributed by atoms with Crippen molar-refractivity contribution in [2.75, 3.05) is 13.1 Å². The normalized spacial score (nSPS) is 21.4. The first-order valence-corrected chi connectivity index (χ1v) is 7.77. The maximum absolute atomic E-state index is 12.6. The summed E-state index contributed by atoms with van der Waals surface area (Å²) in [4.78, 5) is 18.0. The van der Waals surface area contributed by atoms with Gasteiger partial charge in [0.15, 0.2) is 11.5 Å². The van der Waals surface area contributed by atoms with Crippen molar-refractivity contribution in [2.45, 2.75) is 32.1 Å². The van der Waals surface area contributed by atoms with Crippen molar-refractivity contribution in [1.29, 1.82) is 0 Å². The van der Waals surface area contributed by atoms with Gasteiger partial charge in [-0.2, -0.15) is 13.2 Å². The molecule has 1 saturated heterocycles. The van der Waals surface area contributed by atoms with Gasteiger partial charge < -0.3 is 10.2 Å². The number of hydrogen-bond acceptors (Lipinski definition) is 5. The predicted octanol–water partition coefficient (Wildman–Crippen LogP) is 1.50. The summed E-state index contributed by atoms with van der Waals surface area (Å²) in [6, 6.07) is 2.24. The summed E-state index contributed by atoms with van der Waals surface area (Å²) in [6.07, 6.45) is -2.36. The van der Waals surface area contributed by atoms with Crippen LogP contribution in [0.2, 0.25) is 0 Å². The number of aromatic nitrogens is 4. The number of rotatable bonds is 2. The Bertz CT molecular complexity index is 757. The highest BCUT2D eigenvalue weighted by molar-refractivity contribution is 5.92. The molecular formula is C15H17F3N6O. The second-order valence-corrected chi connectivity index (χ2v) is 5.93. The van der Waals surface area contributed by atoms with Crippen LogP contribution in [0.4, 0.5) is 13.2 Å². The molecule has 1 fully saturated rings. The van der Waals surface area contributed by atoms with Crippen LogP contribution in [-0.4, -0.2) is 56.0 Å². The quantitative estimate of drug-likeness (QED) is 0.885. The Morgan fingerprint density at radius 2 is 2.08 bits per heavy atom. The molecule has 0 aromatic carbocycles. The molecule has 1 aliphatic heterocycles. The van der Waals surface area contributed by atoms with Crippen LogP contribution in [-0.2, 0) is 6.18 Å². The Morgan fingerprint density at radius 1 is 1.32 bits per heavy atom. The van der Waals surface area contributed by atoms with E-state index < -0.39 is 11.7 Å². The molecule has 0 bridgehead atoms. The summed E-state index contributed by atoms with van der Waals surface area (Å²) >= 11 is 0. The molecule has 3 rings (SSSR count). The minimum atomic E-state index is -4.45. The molecule has 3 heterocycles. The Hall–Kier alpha value is -2.49. The maximum Gasteiger partial charge on any atom is 0.417 e. The maximum atomic E-state index is 12.6. The molecular weight excluding hydrogens is 337 g/mol. The van der Waals surface area contributed by atoms with Crippen LogP contribution in [0, 0.1) is 0 Å². The summed E-state index contributed by atoms with van der Waals surface area (Å²) in [6.45, 7) is 5.17. The molecule has 7 nitrogen and oxygen atoms in total. The lowest BCUT2D eigenvalue weighted by molar-refractivity contribution is -0.137. The standard InChI is InChI=1S/C15H17F3N6O/c1-9-10(2)23(6-5-19-9)14(25)12-8-24(22-21-12)13-4-3-11(7-20-13)15(16,17)18/h3-4,7-10,19H,5-6H2,1-2H3. The van der Waals surface area contributed by atoms with Crippen molar-refractivity contribution in [3.05, 3.63) is 35.8 Å². The zero-order chi connectivity index (χ0) is 18.2. The van der Waals surface area contributed by atoms with Gasteiger partial charge in [-0.25, -0.2) is 9.67 Å². The summed E-state index contributed by atoms with van der Waals surface area (Å²) in [5.41, 5.74) is -0.723.